The Kier molecular flexibility index (Phi) is 4.39. The zero-order valence-corrected chi connectivity index (χ0v) is 8.71. The minimum Gasteiger partial charge on any atom is -0.369 e. The van der Waals surface area contributed by atoms with Gasteiger partial charge in [0.1, 0.15) is 0 Å². The Morgan fingerprint density at radius 3 is 3.00 bits per heavy atom. The maximum Gasteiger partial charge on any atom is 0.229 e. The Labute approximate surface area is 89.7 Å². The van der Waals surface area contributed by atoms with Gasteiger partial charge in [0.2, 0.25) is 5.91 Å². The van der Waals surface area contributed by atoms with Gasteiger partial charge in [0.15, 0.2) is 0 Å². The molecule has 15 heavy (non-hydrogen) atoms. The van der Waals surface area contributed by atoms with Crippen LogP contribution in [0, 0.1) is 11.8 Å². The highest BCUT2D eigenvalue weighted by molar-refractivity contribution is 5.76. The number of benzene rings is 1. The zero-order chi connectivity index (χ0) is 11.1. The number of carbonyl (C=O) groups excluding carboxylic acids is 1. The minimum absolute atomic E-state index is 0.107. The standard InChI is InChI=1S/C12H14N2O/c1-14-9-11-6-2-4-10(8-11)5-3-7-12(13)15/h2,4,6,8,14H,7,9H2,1H3,(H2,13,15). The number of nitrogens with two attached hydrogens (primary N) is 1. The highest BCUT2D eigenvalue weighted by atomic mass is 16.1. The van der Waals surface area contributed by atoms with Crippen LogP contribution < -0.4 is 11.1 Å². The summed E-state index contributed by atoms with van der Waals surface area (Å²) in [6.07, 6.45) is 0.107. The van der Waals surface area contributed by atoms with Crippen molar-refractivity contribution in [2.24, 2.45) is 5.73 Å². The van der Waals surface area contributed by atoms with Gasteiger partial charge in [0.05, 0.1) is 6.42 Å². The average Bonchev–Trinajstić information content (AvgIpc) is 2.18. The van der Waals surface area contributed by atoms with Crippen LogP contribution in [-0.2, 0) is 11.3 Å². The molecular weight excluding hydrogens is 188 g/mol. The summed E-state index contributed by atoms with van der Waals surface area (Å²) in [5.41, 5.74) is 7.06. The van der Waals surface area contributed by atoms with Gasteiger partial charge in [-0.3, -0.25) is 4.79 Å². The lowest BCUT2D eigenvalue weighted by molar-refractivity contribution is -0.117. The summed E-state index contributed by atoms with van der Waals surface area (Å²) >= 11 is 0. The number of rotatable bonds is 3. The molecule has 0 radical (unpaired) electrons. The summed E-state index contributed by atoms with van der Waals surface area (Å²) < 4.78 is 0. The summed E-state index contributed by atoms with van der Waals surface area (Å²) in [7, 11) is 1.89. The molecule has 1 rings (SSSR count). The van der Waals surface area contributed by atoms with Gasteiger partial charge < -0.3 is 11.1 Å². The van der Waals surface area contributed by atoms with Gasteiger partial charge >= 0.3 is 0 Å². The van der Waals surface area contributed by atoms with Crippen molar-refractivity contribution in [2.45, 2.75) is 13.0 Å². The second-order valence-corrected chi connectivity index (χ2v) is 3.18. The van der Waals surface area contributed by atoms with Crippen molar-refractivity contribution in [3.05, 3.63) is 35.4 Å². The van der Waals surface area contributed by atoms with Gasteiger partial charge in [-0.05, 0) is 24.7 Å². The average molecular weight is 202 g/mol. The van der Waals surface area contributed by atoms with Crippen LogP contribution in [0.2, 0.25) is 0 Å². The second-order valence-electron chi connectivity index (χ2n) is 3.18. The predicted molar refractivity (Wildman–Crippen MR) is 59.9 cm³/mol. The van der Waals surface area contributed by atoms with E-state index < -0.39 is 5.91 Å². The highest BCUT2D eigenvalue weighted by Gasteiger charge is 1.92. The lowest BCUT2D eigenvalue weighted by Crippen LogP contribution is -2.08. The van der Waals surface area contributed by atoms with Gasteiger partial charge in [0.25, 0.3) is 0 Å². The van der Waals surface area contributed by atoms with E-state index in [1.165, 1.54) is 5.56 Å². The van der Waals surface area contributed by atoms with Crippen molar-refractivity contribution >= 4 is 5.91 Å². The van der Waals surface area contributed by atoms with Crippen LogP contribution in [0.4, 0.5) is 0 Å². The molecule has 0 heterocycles. The number of hydrogen-bond donors (Lipinski definition) is 2. The molecule has 3 N–H and O–H groups in total. The van der Waals surface area contributed by atoms with Crippen LogP contribution in [0.1, 0.15) is 17.5 Å². The molecule has 0 unspecified atom stereocenters. The molecule has 78 valence electrons. The lowest BCUT2D eigenvalue weighted by Gasteiger charge is -1.99. The smallest absolute Gasteiger partial charge is 0.229 e. The number of nitrogens with one attached hydrogen (secondary N) is 1. The molecule has 1 aromatic rings. The van der Waals surface area contributed by atoms with Gasteiger partial charge in [0, 0.05) is 12.1 Å². The molecule has 0 aliphatic rings. The topological polar surface area (TPSA) is 55.1 Å². The Hall–Kier alpha value is -1.79. The summed E-state index contributed by atoms with van der Waals surface area (Å²) in [5.74, 6) is 5.23. The van der Waals surface area contributed by atoms with E-state index >= 15 is 0 Å². The van der Waals surface area contributed by atoms with Crippen LogP contribution in [-0.4, -0.2) is 13.0 Å². The molecule has 0 atom stereocenters. The largest absolute Gasteiger partial charge is 0.369 e. The first-order valence-corrected chi connectivity index (χ1v) is 4.73. The molecular formula is C12H14N2O. The molecule has 0 bridgehead atoms. The Balaban J connectivity index is 2.71. The van der Waals surface area contributed by atoms with Crippen molar-refractivity contribution in [1.82, 2.24) is 5.32 Å². The lowest BCUT2D eigenvalue weighted by atomic mass is 10.1. The molecule has 1 amide bonds. The molecule has 0 aromatic heterocycles. The van der Waals surface area contributed by atoms with Crippen LogP contribution in [0.3, 0.4) is 0 Å². The number of primary amides is 1. The molecule has 3 nitrogen and oxygen atoms in total. The first-order chi connectivity index (χ1) is 7.22. The Morgan fingerprint density at radius 2 is 2.33 bits per heavy atom. The van der Waals surface area contributed by atoms with E-state index in [-0.39, 0.29) is 6.42 Å². The fourth-order valence-corrected chi connectivity index (χ4v) is 1.20. The van der Waals surface area contributed by atoms with E-state index in [1.807, 2.05) is 31.3 Å². The normalized spacial score (nSPS) is 9.13. The van der Waals surface area contributed by atoms with Crippen LogP contribution in [0.15, 0.2) is 24.3 Å². The third kappa shape index (κ3) is 4.30. The quantitative estimate of drug-likeness (QED) is 0.706. The fourth-order valence-electron chi connectivity index (χ4n) is 1.20. The van der Waals surface area contributed by atoms with E-state index in [1.54, 1.807) is 0 Å². The predicted octanol–water partition coefficient (Wildman–Crippen LogP) is 0.633. The van der Waals surface area contributed by atoms with E-state index in [4.69, 9.17) is 5.73 Å². The molecule has 0 aliphatic heterocycles. The number of amides is 1. The van der Waals surface area contributed by atoms with Crippen LogP contribution in [0.25, 0.3) is 0 Å². The number of carbonyl (C=O) groups is 1. The summed E-state index contributed by atoms with van der Waals surface area (Å²) in [6, 6.07) is 7.87. The third-order valence-corrected chi connectivity index (χ3v) is 1.80. The molecule has 0 saturated carbocycles. The van der Waals surface area contributed by atoms with Gasteiger partial charge in [-0.2, -0.15) is 0 Å². The van der Waals surface area contributed by atoms with Crippen molar-refractivity contribution in [1.29, 1.82) is 0 Å². The molecule has 3 heteroatoms. The van der Waals surface area contributed by atoms with Crippen molar-refractivity contribution < 1.29 is 4.79 Å². The molecule has 0 saturated heterocycles. The highest BCUT2D eigenvalue weighted by Crippen LogP contribution is 2.03. The summed E-state index contributed by atoms with van der Waals surface area (Å²) in [4.78, 5) is 10.5. The molecule has 0 aliphatic carbocycles. The maximum atomic E-state index is 10.5. The van der Waals surface area contributed by atoms with Crippen LogP contribution in [0.5, 0.6) is 0 Å². The monoisotopic (exact) mass is 202 g/mol. The fraction of sp³-hybridized carbons (Fsp3) is 0.250. The molecule has 0 fully saturated rings. The number of hydrogen-bond acceptors (Lipinski definition) is 2. The minimum atomic E-state index is -0.395. The molecule has 1 aromatic carbocycles. The van der Waals surface area contributed by atoms with Crippen LogP contribution >= 0.6 is 0 Å². The first kappa shape index (κ1) is 11.3. The third-order valence-electron chi connectivity index (χ3n) is 1.80. The maximum absolute atomic E-state index is 10.5. The van der Waals surface area contributed by atoms with Crippen molar-refractivity contribution in [3.63, 3.8) is 0 Å². The summed E-state index contributed by atoms with van der Waals surface area (Å²) in [5, 5.41) is 3.06. The van der Waals surface area contributed by atoms with Crippen molar-refractivity contribution in [3.8, 4) is 11.8 Å². The van der Waals surface area contributed by atoms with Gasteiger partial charge in [-0.15, -0.1) is 0 Å². The molecule has 0 spiro atoms. The van der Waals surface area contributed by atoms with E-state index in [2.05, 4.69) is 17.2 Å². The van der Waals surface area contributed by atoms with Crippen molar-refractivity contribution in [2.75, 3.05) is 7.05 Å². The van der Waals surface area contributed by atoms with E-state index in [9.17, 15) is 4.79 Å². The van der Waals surface area contributed by atoms with Gasteiger partial charge in [-0.1, -0.05) is 24.0 Å². The van der Waals surface area contributed by atoms with E-state index in [0.29, 0.717) is 0 Å². The SMILES string of the molecule is CNCc1cccc(C#CCC(N)=O)c1. The zero-order valence-electron chi connectivity index (χ0n) is 8.71. The second kappa shape index (κ2) is 5.84. The summed E-state index contributed by atoms with van der Waals surface area (Å²) in [6.45, 7) is 0.811. The Morgan fingerprint density at radius 1 is 1.53 bits per heavy atom. The first-order valence-electron chi connectivity index (χ1n) is 4.73. The van der Waals surface area contributed by atoms with E-state index in [0.717, 1.165) is 12.1 Å². The Bertz CT molecular complexity index is 402. The van der Waals surface area contributed by atoms with Gasteiger partial charge in [-0.25, -0.2) is 0 Å².